The Labute approximate surface area is 168 Å². The van der Waals surface area contributed by atoms with Crippen LogP contribution in [0.15, 0.2) is 48.5 Å². The molecule has 0 atom stereocenters. The molecule has 0 fully saturated rings. The van der Waals surface area contributed by atoms with Crippen LogP contribution in [0.3, 0.4) is 0 Å². The Balaban J connectivity index is 1.74. The number of hydrogen-bond acceptors (Lipinski definition) is 5. The van der Waals surface area contributed by atoms with Crippen molar-refractivity contribution in [2.75, 3.05) is 5.32 Å². The predicted octanol–water partition coefficient (Wildman–Crippen LogP) is 4.01. The molecule has 0 bridgehead atoms. The summed E-state index contributed by atoms with van der Waals surface area (Å²) in [4.78, 5) is 7.84. The average Bonchev–Trinajstić information content (AvgIpc) is 2.65. The Morgan fingerprint density at radius 3 is 2.28 bits per heavy atom. The maximum Gasteiger partial charge on any atom is 0.297 e. The highest BCUT2D eigenvalue weighted by atomic mass is 32.2. The van der Waals surface area contributed by atoms with Gasteiger partial charge in [0.1, 0.15) is 5.82 Å². The number of alkyl halides is 2. The van der Waals surface area contributed by atoms with Crippen molar-refractivity contribution in [2.24, 2.45) is 0 Å². The van der Waals surface area contributed by atoms with Crippen LogP contribution in [-0.2, 0) is 22.3 Å². The highest BCUT2D eigenvalue weighted by Crippen LogP contribution is 2.24. The Morgan fingerprint density at radius 1 is 0.966 bits per heavy atom. The average molecular weight is 420 g/mol. The maximum absolute atomic E-state index is 13.1. The van der Waals surface area contributed by atoms with Gasteiger partial charge in [-0.1, -0.05) is 36.4 Å². The van der Waals surface area contributed by atoms with E-state index in [4.69, 9.17) is 0 Å². The number of anilines is 1. The van der Waals surface area contributed by atoms with Crippen molar-refractivity contribution in [1.29, 1.82) is 0 Å². The van der Waals surface area contributed by atoms with Crippen molar-refractivity contribution >= 4 is 26.7 Å². The van der Waals surface area contributed by atoms with Gasteiger partial charge in [0.05, 0.1) is 11.3 Å². The zero-order chi connectivity index (χ0) is 21.0. The monoisotopic (exact) mass is 420 g/mol. The summed E-state index contributed by atoms with van der Waals surface area (Å²) in [6.07, 6.45) is -2.76. The van der Waals surface area contributed by atoms with Crippen LogP contribution in [0.4, 0.5) is 14.6 Å². The maximum atomic E-state index is 13.1. The summed E-state index contributed by atoms with van der Waals surface area (Å²) in [7, 11) is -3.39. The smallest absolute Gasteiger partial charge is 0.297 e. The van der Waals surface area contributed by atoms with E-state index in [9.17, 15) is 17.2 Å². The Hall–Kier alpha value is -2.65. The Kier molecular flexibility index (Phi) is 6.39. The lowest BCUT2D eigenvalue weighted by Crippen LogP contribution is -2.31. The third-order valence-electron chi connectivity index (χ3n) is 4.07. The highest BCUT2D eigenvalue weighted by Gasteiger charge is 2.15. The summed E-state index contributed by atoms with van der Waals surface area (Å²) in [5.74, 6) is -0.296. The lowest BCUT2D eigenvalue weighted by atomic mass is 10.1. The van der Waals surface area contributed by atoms with E-state index in [1.807, 2.05) is 0 Å². The van der Waals surface area contributed by atoms with Crippen molar-refractivity contribution in [2.45, 2.75) is 38.6 Å². The lowest BCUT2D eigenvalue weighted by molar-refractivity contribution is 0.141. The third kappa shape index (κ3) is 5.68. The molecule has 0 aliphatic heterocycles. The van der Waals surface area contributed by atoms with Gasteiger partial charge in [0, 0.05) is 18.0 Å². The minimum Gasteiger partial charge on any atom is -0.365 e. The van der Waals surface area contributed by atoms with Gasteiger partial charge in [0.2, 0.25) is 10.0 Å². The van der Waals surface area contributed by atoms with Gasteiger partial charge in [-0.25, -0.2) is 31.9 Å². The van der Waals surface area contributed by atoms with Gasteiger partial charge in [-0.3, -0.25) is 0 Å². The van der Waals surface area contributed by atoms with Crippen LogP contribution in [-0.4, -0.2) is 24.4 Å². The van der Waals surface area contributed by atoms with E-state index in [-0.39, 0.29) is 11.8 Å². The lowest BCUT2D eigenvalue weighted by Gasteiger charge is -2.12. The molecule has 0 amide bonds. The number of nitrogens with zero attached hydrogens (tertiary/aromatic N) is 2. The molecule has 154 valence electrons. The SMILES string of the molecule is CC(C)NS(=O)(=O)Cc1ccc(CNc2nc(C(F)F)nc3ccccc23)cc1. The molecule has 1 heterocycles. The summed E-state index contributed by atoms with van der Waals surface area (Å²) >= 11 is 0. The molecule has 29 heavy (non-hydrogen) atoms. The molecule has 0 aliphatic carbocycles. The molecule has 0 radical (unpaired) electrons. The quantitative estimate of drug-likeness (QED) is 0.575. The molecule has 3 rings (SSSR count). The number of sulfonamides is 1. The van der Waals surface area contributed by atoms with E-state index in [0.717, 1.165) is 5.56 Å². The number of hydrogen-bond donors (Lipinski definition) is 2. The second kappa shape index (κ2) is 8.79. The Bertz CT molecular complexity index is 1090. The molecule has 0 saturated carbocycles. The summed E-state index contributed by atoms with van der Waals surface area (Å²) in [5, 5.41) is 3.73. The van der Waals surface area contributed by atoms with Gasteiger partial charge in [0.15, 0.2) is 5.82 Å². The van der Waals surface area contributed by atoms with Gasteiger partial charge in [0.25, 0.3) is 6.43 Å². The summed E-state index contributed by atoms with van der Waals surface area (Å²) in [6.45, 7) is 3.88. The van der Waals surface area contributed by atoms with Crippen molar-refractivity contribution in [3.05, 3.63) is 65.5 Å². The number of fused-ring (bicyclic) bond motifs is 1. The minimum absolute atomic E-state index is 0.104. The van der Waals surface area contributed by atoms with Crippen LogP contribution in [0.25, 0.3) is 10.9 Å². The van der Waals surface area contributed by atoms with Crippen LogP contribution >= 0.6 is 0 Å². The number of halogens is 2. The van der Waals surface area contributed by atoms with E-state index in [1.165, 1.54) is 0 Å². The fraction of sp³-hybridized carbons (Fsp3) is 0.300. The zero-order valence-electron chi connectivity index (χ0n) is 16.1. The first-order valence-corrected chi connectivity index (χ1v) is 10.8. The molecular weight excluding hydrogens is 398 g/mol. The molecule has 2 aromatic carbocycles. The zero-order valence-corrected chi connectivity index (χ0v) is 16.9. The molecule has 0 aliphatic rings. The van der Waals surface area contributed by atoms with E-state index in [0.29, 0.717) is 28.8 Å². The van der Waals surface area contributed by atoms with Crippen LogP contribution < -0.4 is 10.0 Å². The molecule has 1 aromatic heterocycles. The fourth-order valence-electron chi connectivity index (χ4n) is 2.89. The van der Waals surface area contributed by atoms with Gasteiger partial charge in [-0.2, -0.15) is 0 Å². The minimum atomic E-state index is -3.39. The van der Waals surface area contributed by atoms with Crippen molar-refractivity contribution in [3.8, 4) is 0 Å². The van der Waals surface area contributed by atoms with Crippen molar-refractivity contribution < 1.29 is 17.2 Å². The van der Waals surface area contributed by atoms with Crippen molar-refractivity contribution in [1.82, 2.24) is 14.7 Å². The van der Waals surface area contributed by atoms with Gasteiger partial charge in [-0.15, -0.1) is 0 Å². The third-order valence-corrected chi connectivity index (χ3v) is 5.61. The first kappa shape index (κ1) is 21.1. The van der Waals surface area contributed by atoms with E-state index < -0.39 is 22.3 Å². The van der Waals surface area contributed by atoms with Gasteiger partial charge >= 0.3 is 0 Å². The van der Waals surface area contributed by atoms with Crippen LogP contribution in [0.2, 0.25) is 0 Å². The molecule has 0 saturated heterocycles. The normalized spacial score (nSPS) is 12.1. The predicted molar refractivity (Wildman–Crippen MR) is 109 cm³/mol. The van der Waals surface area contributed by atoms with Crippen LogP contribution in [0.5, 0.6) is 0 Å². The molecule has 2 N–H and O–H groups in total. The molecule has 6 nitrogen and oxygen atoms in total. The number of aromatic nitrogens is 2. The molecular formula is C20H22F2N4O2S. The van der Waals surface area contributed by atoms with Gasteiger partial charge in [-0.05, 0) is 37.1 Å². The summed E-state index contributed by atoms with van der Waals surface area (Å²) in [5.41, 5.74) is 1.97. The van der Waals surface area contributed by atoms with E-state index in [2.05, 4.69) is 20.0 Å². The number of benzene rings is 2. The molecule has 0 spiro atoms. The number of para-hydroxylation sites is 1. The largest absolute Gasteiger partial charge is 0.365 e. The molecule has 0 unspecified atom stereocenters. The molecule has 3 aromatic rings. The topological polar surface area (TPSA) is 84.0 Å². The van der Waals surface area contributed by atoms with Gasteiger partial charge < -0.3 is 5.32 Å². The second-order valence-corrected chi connectivity index (χ2v) is 8.70. The summed E-state index contributed by atoms with van der Waals surface area (Å²) < 4.78 is 52.8. The number of rotatable bonds is 8. The van der Waals surface area contributed by atoms with Crippen LogP contribution in [0, 0.1) is 0 Å². The Morgan fingerprint density at radius 2 is 1.62 bits per heavy atom. The van der Waals surface area contributed by atoms with Crippen LogP contribution in [0.1, 0.15) is 37.2 Å². The first-order chi connectivity index (χ1) is 13.7. The second-order valence-electron chi connectivity index (χ2n) is 6.95. The van der Waals surface area contributed by atoms with E-state index >= 15 is 0 Å². The first-order valence-electron chi connectivity index (χ1n) is 9.10. The number of nitrogens with one attached hydrogen (secondary N) is 2. The molecule has 9 heteroatoms. The fourth-order valence-corrected chi connectivity index (χ4v) is 4.32. The van der Waals surface area contributed by atoms with Crippen molar-refractivity contribution in [3.63, 3.8) is 0 Å². The highest BCUT2D eigenvalue weighted by molar-refractivity contribution is 7.88. The standard InChI is InChI=1S/C20H22F2N4O2S/c1-13(2)26-29(27,28)12-15-9-7-14(8-10-15)11-23-19-16-5-3-4-6-17(16)24-20(25-19)18(21)22/h3-10,13,18,26H,11-12H2,1-2H3,(H,23,24,25). The summed E-state index contributed by atoms with van der Waals surface area (Å²) in [6, 6.07) is 13.9. The van der Waals surface area contributed by atoms with E-state index in [1.54, 1.807) is 62.4 Å².